The number of amides is 3. The Labute approximate surface area is 168 Å². The number of nitriles is 1. The summed E-state index contributed by atoms with van der Waals surface area (Å²) in [5, 5.41) is 17.0. The molecule has 0 heterocycles. The number of ether oxygens (including phenoxy) is 1. The summed E-state index contributed by atoms with van der Waals surface area (Å²) in [6, 6.07) is 14.8. The fourth-order valence-electron chi connectivity index (χ4n) is 2.34. The van der Waals surface area contributed by atoms with Crippen molar-refractivity contribution < 1.29 is 19.1 Å². The first-order valence-electron chi connectivity index (χ1n) is 8.98. The van der Waals surface area contributed by atoms with E-state index in [-0.39, 0.29) is 17.6 Å². The number of rotatable bonds is 7. The van der Waals surface area contributed by atoms with Gasteiger partial charge in [0.2, 0.25) is 0 Å². The lowest BCUT2D eigenvalue weighted by Gasteiger charge is -2.10. The third-order valence-electron chi connectivity index (χ3n) is 3.72. The van der Waals surface area contributed by atoms with Gasteiger partial charge >= 0.3 is 12.0 Å². The van der Waals surface area contributed by atoms with Crippen molar-refractivity contribution in [2.75, 3.05) is 11.9 Å². The molecule has 0 spiro atoms. The van der Waals surface area contributed by atoms with Crippen LogP contribution in [0.25, 0.3) is 0 Å². The second-order valence-electron chi connectivity index (χ2n) is 6.46. The van der Waals surface area contributed by atoms with E-state index in [1.807, 2.05) is 19.9 Å². The SMILES string of the molecule is CC(C)NC(=O)NCc1ccc(C(=O)OCC(=O)Nc2ccccc2C#N)cc1. The molecule has 0 saturated carbocycles. The van der Waals surface area contributed by atoms with Gasteiger partial charge in [-0.15, -0.1) is 0 Å². The average Bonchev–Trinajstić information content (AvgIpc) is 2.71. The van der Waals surface area contributed by atoms with Crippen molar-refractivity contribution in [3.05, 3.63) is 65.2 Å². The molecule has 0 aromatic heterocycles. The molecular weight excluding hydrogens is 372 g/mol. The topological polar surface area (TPSA) is 120 Å². The number of benzene rings is 2. The van der Waals surface area contributed by atoms with Crippen LogP contribution in [0, 0.1) is 11.3 Å². The Kier molecular flexibility index (Phi) is 7.74. The van der Waals surface area contributed by atoms with Crippen LogP contribution in [0.4, 0.5) is 10.5 Å². The van der Waals surface area contributed by atoms with Gasteiger partial charge in [-0.05, 0) is 43.7 Å². The Balaban J connectivity index is 1.82. The number of hydrogen-bond donors (Lipinski definition) is 3. The number of esters is 1. The van der Waals surface area contributed by atoms with Crippen molar-refractivity contribution in [1.82, 2.24) is 10.6 Å². The molecule has 2 aromatic carbocycles. The van der Waals surface area contributed by atoms with Gasteiger partial charge in [0.05, 0.1) is 16.8 Å². The fraction of sp³-hybridized carbons (Fsp3) is 0.238. The highest BCUT2D eigenvalue weighted by atomic mass is 16.5. The third-order valence-corrected chi connectivity index (χ3v) is 3.72. The minimum absolute atomic E-state index is 0.0396. The van der Waals surface area contributed by atoms with Crippen LogP contribution in [0.5, 0.6) is 0 Å². The van der Waals surface area contributed by atoms with Gasteiger partial charge in [-0.3, -0.25) is 4.79 Å². The Morgan fingerprint density at radius 1 is 1.07 bits per heavy atom. The van der Waals surface area contributed by atoms with Gasteiger partial charge in [-0.25, -0.2) is 9.59 Å². The molecule has 8 nitrogen and oxygen atoms in total. The zero-order chi connectivity index (χ0) is 21.2. The molecule has 0 radical (unpaired) electrons. The molecule has 0 aliphatic heterocycles. The van der Waals surface area contributed by atoms with Crippen LogP contribution in [-0.2, 0) is 16.1 Å². The number of carbonyl (C=O) groups is 3. The van der Waals surface area contributed by atoms with Crippen LogP contribution in [0.15, 0.2) is 48.5 Å². The van der Waals surface area contributed by atoms with Gasteiger partial charge in [0.25, 0.3) is 5.91 Å². The summed E-state index contributed by atoms with van der Waals surface area (Å²) in [4.78, 5) is 35.6. The summed E-state index contributed by atoms with van der Waals surface area (Å²) in [6.45, 7) is 3.57. The normalized spacial score (nSPS) is 10.0. The lowest BCUT2D eigenvalue weighted by molar-refractivity contribution is -0.119. The van der Waals surface area contributed by atoms with Gasteiger partial charge in [0.15, 0.2) is 6.61 Å². The molecule has 0 aliphatic rings. The highest BCUT2D eigenvalue weighted by molar-refractivity contribution is 5.96. The standard InChI is InChI=1S/C21H22N4O4/c1-14(2)24-21(28)23-12-15-7-9-16(10-8-15)20(27)29-13-19(26)25-18-6-4-3-5-17(18)11-22/h3-10,14H,12-13H2,1-2H3,(H,25,26)(H2,23,24,28). The molecule has 0 fully saturated rings. The lowest BCUT2D eigenvalue weighted by Crippen LogP contribution is -2.39. The van der Waals surface area contributed by atoms with E-state index in [4.69, 9.17) is 10.00 Å². The van der Waals surface area contributed by atoms with Gasteiger partial charge in [-0.1, -0.05) is 24.3 Å². The quantitative estimate of drug-likeness (QED) is 0.623. The number of urea groups is 1. The van der Waals surface area contributed by atoms with Crippen molar-refractivity contribution in [2.45, 2.75) is 26.4 Å². The zero-order valence-electron chi connectivity index (χ0n) is 16.2. The van der Waals surface area contributed by atoms with Gasteiger partial charge < -0.3 is 20.7 Å². The molecule has 0 atom stereocenters. The maximum absolute atomic E-state index is 12.1. The number of hydrogen-bond acceptors (Lipinski definition) is 5. The molecule has 150 valence electrons. The van der Waals surface area contributed by atoms with E-state index in [0.717, 1.165) is 5.56 Å². The smallest absolute Gasteiger partial charge is 0.338 e. The molecule has 0 unspecified atom stereocenters. The van der Waals surface area contributed by atoms with Crippen molar-refractivity contribution in [2.24, 2.45) is 0 Å². The predicted octanol–water partition coefficient (Wildman–Crippen LogP) is 2.56. The first-order chi connectivity index (χ1) is 13.9. The molecule has 2 aromatic rings. The average molecular weight is 394 g/mol. The molecule has 0 aliphatic carbocycles. The minimum Gasteiger partial charge on any atom is -0.452 e. The summed E-state index contributed by atoms with van der Waals surface area (Å²) in [6.07, 6.45) is 0. The number of anilines is 1. The molecule has 3 N–H and O–H groups in total. The Morgan fingerprint density at radius 3 is 2.41 bits per heavy atom. The Bertz CT molecular complexity index is 917. The number of nitrogens with zero attached hydrogens (tertiary/aromatic N) is 1. The highest BCUT2D eigenvalue weighted by Gasteiger charge is 2.12. The lowest BCUT2D eigenvalue weighted by atomic mass is 10.1. The Morgan fingerprint density at radius 2 is 1.76 bits per heavy atom. The third kappa shape index (κ3) is 6.99. The van der Waals surface area contributed by atoms with Gasteiger partial charge in [-0.2, -0.15) is 5.26 Å². The van der Waals surface area contributed by atoms with Crippen LogP contribution >= 0.6 is 0 Å². The van der Waals surface area contributed by atoms with Crippen molar-refractivity contribution >= 4 is 23.6 Å². The van der Waals surface area contributed by atoms with E-state index >= 15 is 0 Å². The summed E-state index contributed by atoms with van der Waals surface area (Å²) in [5.74, 6) is -1.19. The van der Waals surface area contributed by atoms with E-state index < -0.39 is 18.5 Å². The largest absolute Gasteiger partial charge is 0.452 e. The maximum atomic E-state index is 12.1. The second kappa shape index (κ2) is 10.5. The second-order valence-corrected chi connectivity index (χ2v) is 6.46. The molecule has 0 bridgehead atoms. The van der Waals surface area contributed by atoms with Crippen molar-refractivity contribution in [3.8, 4) is 6.07 Å². The van der Waals surface area contributed by atoms with Crippen molar-refractivity contribution in [3.63, 3.8) is 0 Å². The van der Waals surface area contributed by atoms with Crippen LogP contribution in [0.3, 0.4) is 0 Å². The molecule has 0 saturated heterocycles. The molecular formula is C21H22N4O4. The van der Waals surface area contributed by atoms with Gasteiger partial charge in [0, 0.05) is 12.6 Å². The number of carbonyl (C=O) groups excluding carboxylic acids is 3. The fourth-order valence-corrected chi connectivity index (χ4v) is 2.34. The van der Waals surface area contributed by atoms with Crippen LogP contribution in [-0.4, -0.2) is 30.6 Å². The zero-order valence-corrected chi connectivity index (χ0v) is 16.2. The van der Waals surface area contributed by atoms with Crippen molar-refractivity contribution in [1.29, 1.82) is 5.26 Å². The first-order valence-corrected chi connectivity index (χ1v) is 8.98. The van der Waals surface area contributed by atoms with Crippen LogP contribution in [0.2, 0.25) is 0 Å². The monoisotopic (exact) mass is 394 g/mol. The minimum atomic E-state index is -0.647. The number of para-hydroxylation sites is 1. The van der Waals surface area contributed by atoms with E-state index in [9.17, 15) is 14.4 Å². The van der Waals surface area contributed by atoms with E-state index in [2.05, 4.69) is 16.0 Å². The summed E-state index contributed by atoms with van der Waals surface area (Å²) in [7, 11) is 0. The first kappa shape index (κ1) is 21.4. The van der Waals surface area contributed by atoms with Crippen LogP contribution < -0.4 is 16.0 Å². The van der Waals surface area contributed by atoms with E-state index in [1.165, 1.54) is 0 Å². The van der Waals surface area contributed by atoms with Gasteiger partial charge in [0.1, 0.15) is 6.07 Å². The summed E-state index contributed by atoms with van der Waals surface area (Å²) in [5.41, 5.74) is 1.77. The van der Waals surface area contributed by atoms with Crippen LogP contribution in [0.1, 0.15) is 35.3 Å². The molecule has 3 amide bonds. The molecule has 2 rings (SSSR count). The summed E-state index contributed by atoms with van der Waals surface area (Å²) < 4.78 is 5.00. The highest BCUT2D eigenvalue weighted by Crippen LogP contribution is 2.13. The van der Waals surface area contributed by atoms with E-state index in [0.29, 0.717) is 17.8 Å². The molecule has 29 heavy (non-hydrogen) atoms. The Hall–Kier alpha value is -3.86. The maximum Gasteiger partial charge on any atom is 0.338 e. The van der Waals surface area contributed by atoms with E-state index in [1.54, 1.807) is 48.5 Å². The summed E-state index contributed by atoms with van der Waals surface area (Å²) >= 11 is 0. The molecule has 8 heteroatoms. The number of nitrogens with one attached hydrogen (secondary N) is 3. The predicted molar refractivity (Wildman–Crippen MR) is 107 cm³/mol.